The van der Waals surface area contributed by atoms with Gasteiger partial charge in [0.15, 0.2) is 0 Å². The summed E-state index contributed by atoms with van der Waals surface area (Å²) in [5.41, 5.74) is 1.17. The zero-order valence-corrected chi connectivity index (χ0v) is 11.4. The molecule has 4 atom stereocenters. The molecule has 0 amide bonds. The van der Waals surface area contributed by atoms with Gasteiger partial charge in [-0.15, -0.1) is 0 Å². The van der Waals surface area contributed by atoms with E-state index in [1.807, 2.05) is 0 Å². The summed E-state index contributed by atoms with van der Waals surface area (Å²) in [5.74, 6) is 4.02. The molecule has 0 heterocycles. The van der Waals surface area contributed by atoms with E-state index in [0.29, 0.717) is 10.8 Å². The maximum absolute atomic E-state index is 2.51. The van der Waals surface area contributed by atoms with Crippen molar-refractivity contribution in [1.29, 1.82) is 0 Å². The monoisotopic (exact) mass is 208 g/mol. The van der Waals surface area contributed by atoms with E-state index in [1.165, 1.54) is 19.3 Å². The third-order valence-electron chi connectivity index (χ3n) is 5.30. The predicted octanol–water partition coefficient (Wildman–Crippen LogP) is 4.74. The van der Waals surface area contributed by atoms with Crippen molar-refractivity contribution in [1.82, 2.24) is 0 Å². The molecule has 88 valence electrons. The third kappa shape index (κ3) is 1.85. The van der Waals surface area contributed by atoms with Gasteiger partial charge >= 0.3 is 0 Å². The molecule has 0 aromatic carbocycles. The number of hydrogen-bond acceptors (Lipinski definition) is 0. The Morgan fingerprint density at radius 2 is 1.73 bits per heavy atom. The Morgan fingerprint density at radius 3 is 2.20 bits per heavy atom. The van der Waals surface area contributed by atoms with Gasteiger partial charge in [-0.05, 0) is 53.8 Å². The lowest BCUT2D eigenvalue weighted by atomic mass is 9.42. The van der Waals surface area contributed by atoms with Gasteiger partial charge < -0.3 is 0 Å². The lowest BCUT2D eigenvalue weighted by Gasteiger charge is -2.63. The molecule has 0 aromatic rings. The van der Waals surface area contributed by atoms with Gasteiger partial charge in [-0.3, -0.25) is 0 Å². The summed E-state index contributed by atoms with van der Waals surface area (Å²) >= 11 is 0. The molecule has 0 heteroatoms. The minimum absolute atomic E-state index is 0.511. The molecule has 3 fully saturated rings. The molecule has 0 nitrogen and oxygen atoms in total. The fourth-order valence-corrected chi connectivity index (χ4v) is 4.25. The highest BCUT2D eigenvalue weighted by Gasteiger charge is 2.56. The van der Waals surface area contributed by atoms with Crippen molar-refractivity contribution >= 4 is 0 Å². The van der Waals surface area contributed by atoms with Crippen molar-refractivity contribution in [2.75, 3.05) is 0 Å². The molecular weight excluding hydrogens is 180 g/mol. The van der Waals surface area contributed by atoms with Crippen LogP contribution in [0.1, 0.15) is 60.8 Å². The zero-order chi connectivity index (χ0) is 11.4. The van der Waals surface area contributed by atoms with Gasteiger partial charge in [0.1, 0.15) is 0 Å². The second-order valence-electron chi connectivity index (χ2n) is 8.00. The molecule has 0 saturated heterocycles. The normalized spacial score (nSPS) is 43.6. The van der Waals surface area contributed by atoms with E-state index in [4.69, 9.17) is 0 Å². The van der Waals surface area contributed by atoms with Crippen LogP contribution in [-0.4, -0.2) is 0 Å². The van der Waals surface area contributed by atoms with Crippen molar-refractivity contribution in [2.24, 2.45) is 34.5 Å². The highest BCUT2D eigenvalue weighted by molar-refractivity contribution is 5.05. The van der Waals surface area contributed by atoms with Gasteiger partial charge in [-0.2, -0.15) is 0 Å². The van der Waals surface area contributed by atoms with Crippen LogP contribution in [0, 0.1) is 34.5 Å². The highest BCUT2D eigenvalue weighted by Crippen LogP contribution is 2.64. The Kier molecular flexibility index (Phi) is 2.48. The molecule has 2 bridgehead atoms. The summed E-state index contributed by atoms with van der Waals surface area (Å²) in [6.07, 6.45) is 4.44. The van der Waals surface area contributed by atoms with Gasteiger partial charge in [-0.25, -0.2) is 0 Å². The summed E-state index contributed by atoms with van der Waals surface area (Å²) in [7, 11) is 0. The largest absolute Gasteiger partial charge is 0.0622 e. The van der Waals surface area contributed by atoms with E-state index in [9.17, 15) is 0 Å². The zero-order valence-electron chi connectivity index (χ0n) is 11.4. The van der Waals surface area contributed by atoms with Crippen molar-refractivity contribution < 1.29 is 0 Å². The first kappa shape index (κ1) is 11.5. The SMILES string of the molecule is CC1CC2CC(C1CC(C)(C)C)C2(C)C. The van der Waals surface area contributed by atoms with Gasteiger partial charge in [0.2, 0.25) is 0 Å². The minimum atomic E-state index is 0.511. The topological polar surface area (TPSA) is 0 Å². The number of rotatable bonds is 1. The summed E-state index contributed by atoms with van der Waals surface area (Å²) in [6.45, 7) is 14.7. The first-order chi connectivity index (χ1) is 6.72. The van der Waals surface area contributed by atoms with E-state index < -0.39 is 0 Å². The summed E-state index contributed by atoms with van der Waals surface area (Å²) in [5, 5.41) is 0. The van der Waals surface area contributed by atoms with E-state index in [2.05, 4.69) is 41.5 Å². The van der Waals surface area contributed by atoms with Crippen LogP contribution < -0.4 is 0 Å². The first-order valence-electron chi connectivity index (χ1n) is 6.72. The molecule has 3 aliphatic rings. The second kappa shape index (κ2) is 3.25. The van der Waals surface area contributed by atoms with Gasteiger partial charge in [0.05, 0.1) is 0 Å². The summed E-state index contributed by atoms with van der Waals surface area (Å²) < 4.78 is 0. The molecule has 0 aromatic heterocycles. The average Bonchev–Trinajstić information content (AvgIpc) is 2.05. The molecular formula is C15H28. The van der Waals surface area contributed by atoms with Crippen LogP contribution in [0.4, 0.5) is 0 Å². The van der Waals surface area contributed by atoms with E-state index in [0.717, 1.165) is 23.7 Å². The van der Waals surface area contributed by atoms with Crippen molar-refractivity contribution in [2.45, 2.75) is 60.8 Å². The van der Waals surface area contributed by atoms with Gasteiger partial charge in [-0.1, -0.05) is 41.5 Å². The Balaban J connectivity index is 2.10. The number of fused-ring (bicyclic) bond motifs is 2. The van der Waals surface area contributed by atoms with Crippen LogP contribution in [-0.2, 0) is 0 Å². The third-order valence-corrected chi connectivity index (χ3v) is 5.30. The lowest BCUT2D eigenvalue weighted by molar-refractivity contribution is -0.139. The molecule has 0 spiro atoms. The molecule has 3 rings (SSSR count). The van der Waals surface area contributed by atoms with Crippen LogP contribution in [0.5, 0.6) is 0 Å². The molecule has 3 saturated carbocycles. The van der Waals surface area contributed by atoms with Crippen LogP contribution in [0.3, 0.4) is 0 Å². The van der Waals surface area contributed by atoms with E-state index >= 15 is 0 Å². The molecule has 0 radical (unpaired) electrons. The molecule has 15 heavy (non-hydrogen) atoms. The van der Waals surface area contributed by atoms with Gasteiger partial charge in [0.25, 0.3) is 0 Å². The second-order valence-corrected chi connectivity index (χ2v) is 8.00. The molecule has 0 N–H and O–H groups in total. The van der Waals surface area contributed by atoms with Crippen LogP contribution in [0.2, 0.25) is 0 Å². The van der Waals surface area contributed by atoms with Crippen LogP contribution in [0.25, 0.3) is 0 Å². The Morgan fingerprint density at radius 1 is 1.13 bits per heavy atom. The van der Waals surface area contributed by atoms with Crippen molar-refractivity contribution in [3.05, 3.63) is 0 Å². The van der Waals surface area contributed by atoms with Crippen molar-refractivity contribution in [3.8, 4) is 0 Å². The maximum Gasteiger partial charge on any atom is -0.0295 e. The van der Waals surface area contributed by atoms with Crippen molar-refractivity contribution in [3.63, 3.8) is 0 Å². The Labute approximate surface area is 95.8 Å². The Bertz CT molecular complexity index is 243. The van der Waals surface area contributed by atoms with E-state index in [1.54, 1.807) is 0 Å². The van der Waals surface area contributed by atoms with Crippen LogP contribution in [0.15, 0.2) is 0 Å². The standard InChI is InChI=1S/C15H28/c1-10-7-11-8-13(15(11,5)6)12(10)9-14(2,3)4/h10-13H,7-9H2,1-6H3. The molecule has 3 aliphatic carbocycles. The number of hydrogen-bond donors (Lipinski definition) is 0. The average molecular weight is 208 g/mol. The minimum Gasteiger partial charge on any atom is -0.0622 e. The highest BCUT2D eigenvalue weighted by atomic mass is 14.6. The Hall–Kier alpha value is 0. The fourth-order valence-electron chi connectivity index (χ4n) is 4.25. The maximum atomic E-state index is 2.51. The lowest BCUT2D eigenvalue weighted by Crippen LogP contribution is -2.55. The predicted molar refractivity (Wildman–Crippen MR) is 66.7 cm³/mol. The van der Waals surface area contributed by atoms with Crippen LogP contribution >= 0.6 is 0 Å². The van der Waals surface area contributed by atoms with Gasteiger partial charge in [0, 0.05) is 0 Å². The summed E-state index contributed by atoms with van der Waals surface area (Å²) in [4.78, 5) is 0. The smallest absolute Gasteiger partial charge is 0.0295 e. The fraction of sp³-hybridized carbons (Fsp3) is 1.00. The molecule has 0 aliphatic heterocycles. The van der Waals surface area contributed by atoms with E-state index in [-0.39, 0.29) is 0 Å². The quantitative estimate of drug-likeness (QED) is 0.584. The first-order valence-corrected chi connectivity index (χ1v) is 6.72. The summed E-state index contributed by atoms with van der Waals surface area (Å²) in [6, 6.07) is 0. The molecule has 4 unspecified atom stereocenters.